The summed E-state index contributed by atoms with van der Waals surface area (Å²) in [7, 11) is 0. The summed E-state index contributed by atoms with van der Waals surface area (Å²) in [6.07, 6.45) is 4.01. The lowest BCUT2D eigenvalue weighted by molar-refractivity contribution is 0.0953. The fourth-order valence-corrected chi connectivity index (χ4v) is 1.57. The minimum absolute atomic E-state index is 0.277. The number of aromatic nitrogens is 2. The van der Waals surface area contributed by atoms with Crippen LogP contribution >= 0.6 is 0 Å². The Morgan fingerprint density at radius 1 is 1.50 bits per heavy atom. The van der Waals surface area contributed by atoms with Crippen LogP contribution in [0.2, 0.25) is 0 Å². The second-order valence-electron chi connectivity index (χ2n) is 4.01. The highest BCUT2D eigenvalue weighted by Crippen LogP contribution is 2.08. The molecule has 18 heavy (non-hydrogen) atoms. The third-order valence-corrected chi connectivity index (χ3v) is 2.64. The molecule has 0 saturated carbocycles. The Kier molecular flexibility index (Phi) is 3.72. The van der Waals surface area contributed by atoms with Crippen molar-refractivity contribution >= 4 is 5.91 Å². The van der Waals surface area contributed by atoms with Crippen LogP contribution in [0.5, 0.6) is 0 Å². The van der Waals surface area contributed by atoms with Gasteiger partial charge in [0.25, 0.3) is 5.91 Å². The lowest BCUT2D eigenvalue weighted by atomic mass is 10.1. The molecule has 2 aromatic rings. The number of nitrogens with zero attached hydrogens (tertiary/aromatic N) is 1. The molecule has 0 unspecified atom stereocenters. The maximum Gasteiger partial charge on any atom is 0.251 e. The molecule has 0 radical (unpaired) electrons. The molecule has 1 amide bonds. The summed E-state index contributed by atoms with van der Waals surface area (Å²) < 4.78 is 13.3. The van der Waals surface area contributed by atoms with Crippen molar-refractivity contribution in [3.8, 4) is 0 Å². The molecule has 1 aromatic carbocycles. The number of benzene rings is 1. The van der Waals surface area contributed by atoms with E-state index in [2.05, 4.69) is 15.3 Å². The van der Waals surface area contributed by atoms with Crippen molar-refractivity contribution in [3.05, 3.63) is 53.4 Å². The maximum absolute atomic E-state index is 13.3. The Morgan fingerprint density at radius 2 is 2.33 bits per heavy atom. The zero-order valence-corrected chi connectivity index (χ0v) is 10.0. The van der Waals surface area contributed by atoms with E-state index in [4.69, 9.17) is 0 Å². The zero-order chi connectivity index (χ0) is 13.0. The van der Waals surface area contributed by atoms with Gasteiger partial charge in [-0.3, -0.25) is 4.79 Å². The van der Waals surface area contributed by atoms with Gasteiger partial charge in [0.2, 0.25) is 0 Å². The Morgan fingerprint density at radius 3 is 3.00 bits per heavy atom. The van der Waals surface area contributed by atoms with E-state index in [1.807, 2.05) is 0 Å². The maximum atomic E-state index is 13.3. The molecule has 1 aromatic heterocycles. The van der Waals surface area contributed by atoms with E-state index < -0.39 is 0 Å². The number of carbonyl (C=O) groups excluding carboxylic acids is 1. The molecule has 94 valence electrons. The number of nitrogens with one attached hydrogen (secondary N) is 2. The number of rotatable bonds is 4. The van der Waals surface area contributed by atoms with Gasteiger partial charge < -0.3 is 10.3 Å². The van der Waals surface area contributed by atoms with Gasteiger partial charge in [-0.15, -0.1) is 0 Å². The number of carbonyl (C=O) groups is 1. The minimum Gasteiger partial charge on any atom is -0.352 e. The van der Waals surface area contributed by atoms with E-state index in [0.717, 1.165) is 5.82 Å². The van der Waals surface area contributed by atoms with Crippen molar-refractivity contribution in [1.82, 2.24) is 15.3 Å². The van der Waals surface area contributed by atoms with Crippen molar-refractivity contribution < 1.29 is 9.18 Å². The molecular weight excluding hydrogens is 233 g/mol. The lowest BCUT2D eigenvalue weighted by Crippen LogP contribution is -2.26. The first kappa shape index (κ1) is 12.3. The van der Waals surface area contributed by atoms with Crippen LogP contribution in [0.25, 0.3) is 0 Å². The van der Waals surface area contributed by atoms with Crippen LogP contribution in [0, 0.1) is 12.7 Å². The van der Waals surface area contributed by atoms with Gasteiger partial charge in [-0.25, -0.2) is 9.37 Å². The fourth-order valence-electron chi connectivity index (χ4n) is 1.57. The summed E-state index contributed by atoms with van der Waals surface area (Å²) in [5, 5.41) is 2.72. The van der Waals surface area contributed by atoms with Gasteiger partial charge in [0, 0.05) is 30.9 Å². The van der Waals surface area contributed by atoms with Crippen molar-refractivity contribution in [3.63, 3.8) is 0 Å². The van der Waals surface area contributed by atoms with E-state index in [1.54, 1.807) is 31.5 Å². The molecule has 0 aliphatic carbocycles. The quantitative estimate of drug-likeness (QED) is 0.866. The predicted octanol–water partition coefficient (Wildman–Crippen LogP) is 1.83. The van der Waals surface area contributed by atoms with Crippen molar-refractivity contribution in [2.45, 2.75) is 13.3 Å². The highest BCUT2D eigenvalue weighted by molar-refractivity contribution is 5.94. The van der Waals surface area contributed by atoms with Gasteiger partial charge in [-0.2, -0.15) is 0 Å². The van der Waals surface area contributed by atoms with E-state index in [-0.39, 0.29) is 11.7 Å². The van der Waals surface area contributed by atoms with Gasteiger partial charge in [0.15, 0.2) is 0 Å². The molecule has 0 atom stereocenters. The van der Waals surface area contributed by atoms with Crippen LogP contribution in [0.3, 0.4) is 0 Å². The van der Waals surface area contributed by atoms with Crippen LogP contribution in [-0.2, 0) is 6.42 Å². The number of imidazole rings is 1. The number of aryl methyl sites for hydroxylation is 1. The van der Waals surface area contributed by atoms with E-state index in [1.165, 1.54) is 6.07 Å². The average Bonchev–Trinajstić information content (AvgIpc) is 2.85. The molecule has 0 bridgehead atoms. The third kappa shape index (κ3) is 2.94. The van der Waals surface area contributed by atoms with E-state index in [9.17, 15) is 9.18 Å². The highest BCUT2D eigenvalue weighted by atomic mass is 19.1. The summed E-state index contributed by atoms with van der Waals surface area (Å²) in [5.41, 5.74) is 0.861. The summed E-state index contributed by atoms with van der Waals surface area (Å²) in [6.45, 7) is 2.12. The van der Waals surface area contributed by atoms with Crippen LogP contribution < -0.4 is 5.32 Å². The number of aromatic amines is 1. The Hall–Kier alpha value is -2.17. The smallest absolute Gasteiger partial charge is 0.251 e. The Bertz CT molecular complexity index is 537. The number of H-pyrrole nitrogens is 1. The Labute approximate surface area is 104 Å². The first-order chi connectivity index (χ1) is 8.66. The highest BCUT2D eigenvalue weighted by Gasteiger charge is 2.07. The molecule has 1 heterocycles. The molecule has 5 heteroatoms. The van der Waals surface area contributed by atoms with Gasteiger partial charge in [0.1, 0.15) is 11.6 Å². The number of amides is 1. The summed E-state index contributed by atoms with van der Waals surface area (Å²) in [6, 6.07) is 4.45. The van der Waals surface area contributed by atoms with Crippen LogP contribution in [0.4, 0.5) is 4.39 Å². The average molecular weight is 247 g/mol. The molecule has 4 nitrogen and oxygen atoms in total. The molecule has 2 N–H and O–H groups in total. The predicted molar refractivity (Wildman–Crippen MR) is 65.8 cm³/mol. The van der Waals surface area contributed by atoms with Crippen molar-refractivity contribution in [2.24, 2.45) is 0 Å². The molecule has 0 aliphatic heterocycles. The Balaban J connectivity index is 1.89. The molecule has 0 spiro atoms. The van der Waals surface area contributed by atoms with Crippen molar-refractivity contribution in [1.29, 1.82) is 0 Å². The van der Waals surface area contributed by atoms with E-state index in [0.29, 0.717) is 24.1 Å². The number of halogens is 1. The lowest BCUT2D eigenvalue weighted by Gasteiger charge is -2.05. The molecule has 0 saturated heterocycles. The molecular formula is C13H14FN3O. The first-order valence-electron chi connectivity index (χ1n) is 5.69. The second kappa shape index (κ2) is 5.44. The summed E-state index contributed by atoms with van der Waals surface area (Å²) in [4.78, 5) is 18.7. The summed E-state index contributed by atoms with van der Waals surface area (Å²) in [5.74, 6) is 0.166. The fraction of sp³-hybridized carbons (Fsp3) is 0.231. The topological polar surface area (TPSA) is 57.8 Å². The number of hydrogen-bond donors (Lipinski definition) is 2. The standard InChI is InChI=1S/C13H14FN3O/c1-9-2-3-10(8-11(9)14)13(18)17-5-4-12-15-6-7-16-12/h2-3,6-8H,4-5H2,1H3,(H,15,16)(H,17,18). The van der Waals surface area contributed by atoms with E-state index >= 15 is 0 Å². The van der Waals surface area contributed by atoms with Crippen molar-refractivity contribution in [2.75, 3.05) is 6.54 Å². The van der Waals surface area contributed by atoms with Gasteiger partial charge in [-0.1, -0.05) is 6.07 Å². The van der Waals surface area contributed by atoms with Crippen LogP contribution in [0.15, 0.2) is 30.6 Å². The molecule has 0 fully saturated rings. The zero-order valence-electron chi connectivity index (χ0n) is 10.0. The largest absolute Gasteiger partial charge is 0.352 e. The van der Waals surface area contributed by atoms with Crippen LogP contribution in [0.1, 0.15) is 21.7 Å². The van der Waals surface area contributed by atoms with Gasteiger partial charge in [-0.05, 0) is 24.6 Å². The SMILES string of the molecule is Cc1ccc(C(=O)NCCc2ncc[nH]2)cc1F. The van der Waals surface area contributed by atoms with Gasteiger partial charge >= 0.3 is 0 Å². The third-order valence-electron chi connectivity index (χ3n) is 2.64. The minimum atomic E-state index is -0.367. The normalized spacial score (nSPS) is 10.3. The first-order valence-corrected chi connectivity index (χ1v) is 5.69. The second-order valence-corrected chi connectivity index (χ2v) is 4.01. The van der Waals surface area contributed by atoms with Gasteiger partial charge in [0.05, 0.1) is 0 Å². The molecule has 0 aliphatic rings. The van der Waals surface area contributed by atoms with Crippen LogP contribution in [-0.4, -0.2) is 22.4 Å². The number of hydrogen-bond acceptors (Lipinski definition) is 2. The monoisotopic (exact) mass is 247 g/mol. The molecule has 2 rings (SSSR count). The summed E-state index contributed by atoms with van der Waals surface area (Å²) >= 11 is 0.